The molecule has 0 aliphatic carbocycles. The standard InChI is InChI=1S/C25H25N3O4/c1-2-30-21-10-8-19(9-11-21)25-27-24(32-28-25)14-13-23(29)26-15-16-31-22-12-7-18-5-3-4-6-20(18)17-22/h3-12,17H,2,13-16H2,1H3,(H,26,29). The van der Waals surface area contributed by atoms with Gasteiger partial charge in [0.25, 0.3) is 0 Å². The lowest BCUT2D eigenvalue weighted by Crippen LogP contribution is -2.28. The summed E-state index contributed by atoms with van der Waals surface area (Å²) in [5.41, 5.74) is 0.832. The van der Waals surface area contributed by atoms with Crippen molar-refractivity contribution in [2.75, 3.05) is 19.8 Å². The summed E-state index contributed by atoms with van der Waals surface area (Å²) in [6.07, 6.45) is 0.641. The minimum atomic E-state index is -0.0899. The van der Waals surface area contributed by atoms with E-state index in [1.165, 1.54) is 5.39 Å². The van der Waals surface area contributed by atoms with Gasteiger partial charge in [-0.2, -0.15) is 4.98 Å². The van der Waals surface area contributed by atoms with E-state index in [-0.39, 0.29) is 12.3 Å². The third kappa shape index (κ3) is 5.63. The summed E-state index contributed by atoms with van der Waals surface area (Å²) in [6.45, 7) is 3.37. The van der Waals surface area contributed by atoms with E-state index < -0.39 is 0 Å². The fraction of sp³-hybridized carbons (Fsp3) is 0.240. The summed E-state index contributed by atoms with van der Waals surface area (Å²) in [7, 11) is 0. The Morgan fingerprint density at radius 1 is 0.969 bits per heavy atom. The second-order valence-corrected chi connectivity index (χ2v) is 7.18. The average molecular weight is 431 g/mol. The van der Waals surface area contributed by atoms with E-state index in [1.54, 1.807) is 0 Å². The van der Waals surface area contributed by atoms with Crippen molar-refractivity contribution in [2.45, 2.75) is 19.8 Å². The molecule has 0 aliphatic heterocycles. The number of nitrogens with zero attached hydrogens (tertiary/aromatic N) is 2. The van der Waals surface area contributed by atoms with E-state index in [2.05, 4.69) is 21.5 Å². The molecular weight excluding hydrogens is 406 g/mol. The number of aromatic nitrogens is 2. The highest BCUT2D eigenvalue weighted by Gasteiger charge is 2.11. The quantitative estimate of drug-likeness (QED) is 0.374. The summed E-state index contributed by atoms with van der Waals surface area (Å²) >= 11 is 0. The highest BCUT2D eigenvalue weighted by atomic mass is 16.5. The van der Waals surface area contributed by atoms with Crippen LogP contribution >= 0.6 is 0 Å². The van der Waals surface area contributed by atoms with Crippen molar-refractivity contribution in [1.82, 2.24) is 15.5 Å². The van der Waals surface area contributed by atoms with E-state index in [0.29, 0.717) is 37.9 Å². The first-order valence-electron chi connectivity index (χ1n) is 10.7. The van der Waals surface area contributed by atoms with Gasteiger partial charge in [-0.25, -0.2) is 0 Å². The Kier molecular flexibility index (Phi) is 6.97. The molecule has 0 spiro atoms. The molecule has 32 heavy (non-hydrogen) atoms. The molecule has 1 amide bonds. The van der Waals surface area contributed by atoms with Gasteiger partial charge in [-0.05, 0) is 54.1 Å². The van der Waals surface area contributed by atoms with Crippen LogP contribution in [0.5, 0.6) is 11.5 Å². The number of ether oxygens (including phenoxy) is 2. The second-order valence-electron chi connectivity index (χ2n) is 7.18. The van der Waals surface area contributed by atoms with Crippen molar-refractivity contribution >= 4 is 16.7 Å². The SMILES string of the molecule is CCOc1ccc(-c2noc(CCC(=O)NCCOc3ccc4ccccc4c3)n2)cc1. The van der Waals surface area contributed by atoms with Crippen molar-refractivity contribution in [3.05, 3.63) is 72.6 Å². The zero-order valence-corrected chi connectivity index (χ0v) is 17.9. The zero-order valence-electron chi connectivity index (χ0n) is 17.9. The van der Waals surface area contributed by atoms with Gasteiger partial charge < -0.3 is 19.3 Å². The lowest BCUT2D eigenvalue weighted by molar-refractivity contribution is -0.121. The Labute approximate surface area is 186 Å². The maximum atomic E-state index is 12.1. The van der Waals surface area contributed by atoms with Gasteiger partial charge in [-0.1, -0.05) is 35.5 Å². The number of amides is 1. The normalized spacial score (nSPS) is 10.8. The maximum Gasteiger partial charge on any atom is 0.227 e. The molecular formula is C25H25N3O4. The molecule has 0 saturated heterocycles. The van der Waals surface area contributed by atoms with E-state index >= 15 is 0 Å². The van der Waals surface area contributed by atoms with Gasteiger partial charge in [0.15, 0.2) is 0 Å². The van der Waals surface area contributed by atoms with Crippen molar-refractivity contribution in [3.8, 4) is 22.9 Å². The first-order chi connectivity index (χ1) is 15.7. The average Bonchev–Trinajstić information content (AvgIpc) is 3.30. The second kappa shape index (κ2) is 10.4. The van der Waals surface area contributed by atoms with Crippen LogP contribution in [0.1, 0.15) is 19.2 Å². The first-order valence-corrected chi connectivity index (χ1v) is 10.7. The molecule has 4 aromatic rings. The summed E-state index contributed by atoms with van der Waals surface area (Å²) in [6, 6.07) is 21.5. The minimum absolute atomic E-state index is 0.0899. The summed E-state index contributed by atoms with van der Waals surface area (Å²) in [5.74, 6) is 2.41. The van der Waals surface area contributed by atoms with Crippen molar-refractivity contribution < 1.29 is 18.8 Å². The molecule has 1 aromatic heterocycles. The van der Waals surface area contributed by atoms with Crippen LogP contribution in [0.25, 0.3) is 22.2 Å². The number of benzene rings is 3. The highest BCUT2D eigenvalue weighted by molar-refractivity contribution is 5.83. The molecule has 0 bridgehead atoms. The van der Waals surface area contributed by atoms with Crippen molar-refractivity contribution in [1.29, 1.82) is 0 Å². The molecule has 0 saturated carbocycles. The molecule has 0 radical (unpaired) electrons. The van der Waals surface area contributed by atoms with E-state index in [9.17, 15) is 4.79 Å². The molecule has 0 fully saturated rings. The lowest BCUT2D eigenvalue weighted by Gasteiger charge is -2.08. The van der Waals surface area contributed by atoms with Gasteiger partial charge >= 0.3 is 0 Å². The Balaban J connectivity index is 1.19. The molecule has 7 heteroatoms. The van der Waals surface area contributed by atoms with Crippen LogP contribution < -0.4 is 14.8 Å². The number of rotatable bonds is 10. The van der Waals surface area contributed by atoms with Gasteiger partial charge in [-0.15, -0.1) is 0 Å². The Hall–Kier alpha value is -3.87. The number of hydrogen-bond donors (Lipinski definition) is 1. The van der Waals surface area contributed by atoms with Crippen LogP contribution in [0.3, 0.4) is 0 Å². The number of nitrogens with one attached hydrogen (secondary N) is 1. The van der Waals surface area contributed by atoms with Crippen LogP contribution in [0, 0.1) is 0 Å². The monoisotopic (exact) mass is 431 g/mol. The molecule has 4 rings (SSSR count). The fourth-order valence-corrected chi connectivity index (χ4v) is 3.27. The number of carbonyl (C=O) groups is 1. The molecule has 7 nitrogen and oxygen atoms in total. The summed E-state index contributed by atoms with van der Waals surface area (Å²) in [4.78, 5) is 16.5. The third-order valence-electron chi connectivity index (χ3n) is 4.87. The van der Waals surface area contributed by atoms with Crippen LogP contribution in [-0.2, 0) is 11.2 Å². The molecule has 1 N–H and O–H groups in total. The van der Waals surface area contributed by atoms with Crippen LogP contribution in [0.15, 0.2) is 71.3 Å². The topological polar surface area (TPSA) is 86.5 Å². The maximum absolute atomic E-state index is 12.1. The number of carbonyl (C=O) groups excluding carboxylic acids is 1. The van der Waals surface area contributed by atoms with E-state index in [4.69, 9.17) is 14.0 Å². The number of aryl methyl sites for hydroxylation is 1. The summed E-state index contributed by atoms with van der Waals surface area (Å²) in [5, 5.41) is 9.13. The molecule has 3 aromatic carbocycles. The van der Waals surface area contributed by atoms with Gasteiger partial charge in [0, 0.05) is 18.4 Å². The number of fused-ring (bicyclic) bond motifs is 1. The Bertz CT molecular complexity index is 1170. The predicted molar refractivity (Wildman–Crippen MR) is 122 cm³/mol. The van der Waals surface area contributed by atoms with Crippen LogP contribution in [-0.4, -0.2) is 35.8 Å². The molecule has 1 heterocycles. The fourth-order valence-electron chi connectivity index (χ4n) is 3.27. The third-order valence-corrected chi connectivity index (χ3v) is 4.87. The minimum Gasteiger partial charge on any atom is -0.494 e. The zero-order chi connectivity index (χ0) is 22.2. The Morgan fingerprint density at radius 3 is 2.56 bits per heavy atom. The van der Waals surface area contributed by atoms with Crippen molar-refractivity contribution in [2.24, 2.45) is 0 Å². The van der Waals surface area contributed by atoms with Gasteiger partial charge in [0.1, 0.15) is 18.1 Å². The highest BCUT2D eigenvalue weighted by Crippen LogP contribution is 2.21. The summed E-state index contributed by atoms with van der Waals surface area (Å²) < 4.78 is 16.4. The van der Waals surface area contributed by atoms with Gasteiger partial charge in [0.2, 0.25) is 17.6 Å². The van der Waals surface area contributed by atoms with Crippen LogP contribution in [0.4, 0.5) is 0 Å². The molecule has 0 unspecified atom stereocenters. The van der Waals surface area contributed by atoms with Crippen molar-refractivity contribution in [3.63, 3.8) is 0 Å². The molecule has 164 valence electrons. The lowest BCUT2D eigenvalue weighted by atomic mass is 10.1. The predicted octanol–water partition coefficient (Wildman–Crippen LogP) is 4.42. The van der Waals surface area contributed by atoms with Crippen LogP contribution in [0.2, 0.25) is 0 Å². The Morgan fingerprint density at radius 2 is 1.75 bits per heavy atom. The molecule has 0 aliphatic rings. The first kappa shape index (κ1) is 21.4. The van der Waals surface area contributed by atoms with Gasteiger partial charge in [-0.3, -0.25) is 4.79 Å². The van der Waals surface area contributed by atoms with E-state index in [1.807, 2.05) is 67.6 Å². The molecule has 0 atom stereocenters. The largest absolute Gasteiger partial charge is 0.494 e. The van der Waals surface area contributed by atoms with E-state index in [0.717, 1.165) is 22.4 Å². The smallest absolute Gasteiger partial charge is 0.227 e. The van der Waals surface area contributed by atoms with Gasteiger partial charge in [0.05, 0.1) is 13.2 Å². The number of hydrogen-bond acceptors (Lipinski definition) is 6.